The fraction of sp³-hybridized carbons (Fsp3) is 0.500. The van der Waals surface area contributed by atoms with Gasteiger partial charge in [-0.05, 0) is 50.4 Å². The SMILES string of the molecule is Fc1ccc2c(c1)CC(CNCCC1=CCCC1)O2. The molecule has 1 aliphatic heterocycles. The minimum Gasteiger partial charge on any atom is -0.488 e. The van der Waals surface area contributed by atoms with Crippen LogP contribution in [0.3, 0.4) is 0 Å². The van der Waals surface area contributed by atoms with Gasteiger partial charge in [0.1, 0.15) is 17.7 Å². The van der Waals surface area contributed by atoms with Crippen LogP contribution in [0.5, 0.6) is 5.75 Å². The Morgan fingerprint density at radius 1 is 1.37 bits per heavy atom. The third kappa shape index (κ3) is 3.16. The number of nitrogens with one attached hydrogen (secondary N) is 1. The molecule has 0 radical (unpaired) electrons. The van der Waals surface area contributed by atoms with Crippen LogP contribution in [0.15, 0.2) is 29.8 Å². The predicted molar refractivity (Wildman–Crippen MR) is 73.9 cm³/mol. The average Bonchev–Trinajstić information content (AvgIpc) is 3.02. The van der Waals surface area contributed by atoms with Gasteiger partial charge in [0, 0.05) is 18.5 Å². The zero-order valence-corrected chi connectivity index (χ0v) is 11.1. The summed E-state index contributed by atoms with van der Waals surface area (Å²) < 4.78 is 18.9. The molecule has 19 heavy (non-hydrogen) atoms. The zero-order valence-electron chi connectivity index (χ0n) is 11.1. The van der Waals surface area contributed by atoms with Crippen LogP contribution < -0.4 is 10.1 Å². The van der Waals surface area contributed by atoms with E-state index in [2.05, 4.69) is 11.4 Å². The van der Waals surface area contributed by atoms with Gasteiger partial charge in [-0.2, -0.15) is 0 Å². The van der Waals surface area contributed by atoms with Crippen LogP contribution in [-0.2, 0) is 6.42 Å². The fourth-order valence-electron chi connectivity index (χ4n) is 2.88. The Morgan fingerprint density at radius 2 is 2.32 bits per heavy atom. The maximum absolute atomic E-state index is 13.1. The molecule has 0 aromatic heterocycles. The molecule has 0 amide bonds. The lowest BCUT2D eigenvalue weighted by Crippen LogP contribution is -2.30. The second-order valence-corrected chi connectivity index (χ2v) is 5.40. The van der Waals surface area contributed by atoms with E-state index in [1.165, 1.54) is 25.3 Å². The van der Waals surface area contributed by atoms with Gasteiger partial charge in [-0.3, -0.25) is 0 Å². The van der Waals surface area contributed by atoms with Gasteiger partial charge in [0.05, 0.1) is 0 Å². The first kappa shape index (κ1) is 12.7. The summed E-state index contributed by atoms with van der Waals surface area (Å²) in [6.45, 7) is 1.85. The quantitative estimate of drug-likeness (QED) is 0.649. The van der Waals surface area contributed by atoms with Crippen LogP contribution in [0.4, 0.5) is 4.39 Å². The van der Waals surface area contributed by atoms with Crippen molar-refractivity contribution in [3.63, 3.8) is 0 Å². The molecule has 0 saturated heterocycles. The fourth-order valence-corrected chi connectivity index (χ4v) is 2.88. The summed E-state index contributed by atoms with van der Waals surface area (Å²) in [6, 6.07) is 4.77. The first-order valence-corrected chi connectivity index (χ1v) is 7.15. The van der Waals surface area contributed by atoms with Gasteiger partial charge in [-0.15, -0.1) is 0 Å². The minimum absolute atomic E-state index is 0.148. The monoisotopic (exact) mass is 261 g/mol. The number of rotatable bonds is 5. The van der Waals surface area contributed by atoms with Crippen molar-refractivity contribution in [3.05, 3.63) is 41.2 Å². The smallest absolute Gasteiger partial charge is 0.123 e. The Labute approximate surface area is 113 Å². The van der Waals surface area contributed by atoms with Crippen LogP contribution in [0.25, 0.3) is 0 Å². The van der Waals surface area contributed by atoms with Crippen molar-refractivity contribution < 1.29 is 9.13 Å². The maximum Gasteiger partial charge on any atom is 0.123 e. The van der Waals surface area contributed by atoms with Crippen LogP contribution in [0.2, 0.25) is 0 Å². The standard InChI is InChI=1S/C16H20FNO/c17-14-5-6-16-13(9-14)10-15(19-16)11-18-8-7-12-3-1-2-4-12/h3,5-6,9,15,18H,1-2,4,7-8,10-11H2. The molecule has 1 heterocycles. The topological polar surface area (TPSA) is 21.3 Å². The van der Waals surface area contributed by atoms with E-state index in [1.807, 2.05) is 0 Å². The minimum atomic E-state index is -0.177. The summed E-state index contributed by atoms with van der Waals surface area (Å²) in [6.07, 6.45) is 8.31. The molecule has 1 atom stereocenters. The number of allylic oxidation sites excluding steroid dienone is 1. The molecule has 2 nitrogen and oxygen atoms in total. The van der Waals surface area contributed by atoms with E-state index in [9.17, 15) is 4.39 Å². The number of ether oxygens (including phenoxy) is 1. The molecule has 1 aromatic carbocycles. The Bertz CT molecular complexity index is 484. The Hall–Kier alpha value is -1.35. The van der Waals surface area contributed by atoms with Crippen LogP contribution in [0.1, 0.15) is 31.2 Å². The number of benzene rings is 1. The average molecular weight is 261 g/mol. The lowest BCUT2D eigenvalue weighted by molar-refractivity contribution is 0.228. The largest absolute Gasteiger partial charge is 0.488 e. The van der Waals surface area contributed by atoms with E-state index in [4.69, 9.17) is 4.74 Å². The van der Waals surface area contributed by atoms with Crippen molar-refractivity contribution in [3.8, 4) is 5.75 Å². The number of hydrogen-bond donors (Lipinski definition) is 1. The molecule has 102 valence electrons. The van der Waals surface area contributed by atoms with Crippen molar-refractivity contribution >= 4 is 0 Å². The van der Waals surface area contributed by atoms with E-state index < -0.39 is 0 Å². The second kappa shape index (κ2) is 5.74. The highest BCUT2D eigenvalue weighted by Gasteiger charge is 2.22. The molecule has 1 N–H and O–H groups in total. The van der Waals surface area contributed by atoms with Crippen LogP contribution in [0, 0.1) is 5.82 Å². The van der Waals surface area contributed by atoms with Gasteiger partial charge in [0.15, 0.2) is 0 Å². The maximum atomic E-state index is 13.1. The number of hydrogen-bond acceptors (Lipinski definition) is 2. The van der Waals surface area contributed by atoms with Gasteiger partial charge in [-0.1, -0.05) is 11.6 Å². The predicted octanol–water partition coefficient (Wildman–Crippen LogP) is 3.22. The van der Waals surface area contributed by atoms with Crippen molar-refractivity contribution in [2.75, 3.05) is 13.1 Å². The normalized spacial score (nSPS) is 21.1. The number of halogens is 1. The van der Waals surface area contributed by atoms with Crippen LogP contribution >= 0.6 is 0 Å². The highest BCUT2D eigenvalue weighted by molar-refractivity contribution is 5.37. The van der Waals surface area contributed by atoms with Gasteiger partial charge in [-0.25, -0.2) is 4.39 Å². The van der Waals surface area contributed by atoms with Crippen molar-refractivity contribution in [2.45, 2.75) is 38.2 Å². The third-order valence-corrected chi connectivity index (χ3v) is 3.89. The molecule has 0 saturated carbocycles. The Kier molecular flexibility index (Phi) is 3.83. The van der Waals surface area contributed by atoms with E-state index in [1.54, 1.807) is 17.7 Å². The number of fused-ring (bicyclic) bond motifs is 1. The molecule has 1 unspecified atom stereocenters. The molecule has 0 bridgehead atoms. The molecule has 0 fully saturated rings. The molecule has 3 heteroatoms. The molecule has 1 aromatic rings. The summed E-state index contributed by atoms with van der Waals surface area (Å²) >= 11 is 0. The summed E-state index contributed by atoms with van der Waals surface area (Å²) in [4.78, 5) is 0. The Morgan fingerprint density at radius 3 is 3.16 bits per heavy atom. The molecular formula is C16H20FNO. The zero-order chi connectivity index (χ0) is 13.1. The molecule has 2 aliphatic rings. The first-order valence-electron chi connectivity index (χ1n) is 7.15. The molecule has 1 aliphatic carbocycles. The summed E-state index contributed by atoms with van der Waals surface area (Å²) in [7, 11) is 0. The third-order valence-electron chi connectivity index (χ3n) is 3.89. The molecule has 3 rings (SSSR count). The van der Waals surface area contributed by atoms with Gasteiger partial charge >= 0.3 is 0 Å². The summed E-state index contributed by atoms with van der Waals surface area (Å²) in [5.74, 6) is 0.663. The van der Waals surface area contributed by atoms with E-state index >= 15 is 0 Å². The first-order chi connectivity index (χ1) is 9.31. The highest BCUT2D eigenvalue weighted by atomic mass is 19.1. The van der Waals surface area contributed by atoms with Crippen molar-refractivity contribution in [1.82, 2.24) is 5.32 Å². The molecular weight excluding hydrogens is 241 g/mol. The van der Waals surface area contributed by atoms with E-state index in [0.717, 1.165) is 37.2 Å². The summed E-state index contributed by atoms with van der Waals surface area (Å²) in [5, 5.41) is 3.44. The van der Waals surface area contributed by atoms with Crippen molar-refractivity contribution in [1.29, 1.82) is 0 Å². The van der Waals surface area contributed by atoms with Gasteiger partial charge < -0.3 is 10.1 Å². The lowest BCUT2D eigenvalue weighted by atomic mass is 10.1. The van der Waals surface area contributed by atoms with Crippen molar-refractivity contribution in [2.24, 2.45) is 0 Å². The Balaban J connectivity index is 1.41. The van der Waals surface area contributed by atoms with E-state index in [-0.39, 0.29) is 11.9 Å². The van der Waals surface area contributed by atoms with Gasteiger partial charge in [0.2, 0.25) is 0 Å². The molecule has 0 spiro atoms. The van der Waals surface area contributed by atoms with E-state index in [0.29, 0.717) is 0 Å². The summed E-state index contributed by atoms with van der Waals surface area (Å²) in [5.41, 5.74) is 2.58. The van der Waals surface area contributed by atoms with Crippen LogP contribution in [-0.4, -0.2) is 19.2 Å². The lowest BCUT2D eigenvalue weighted by Gasteiger charge is -2.12. The van der Waals surface area contributed by atoms with Gasteiger partial charge in [0.25, 0.3) is 0 Å². The second-order valence-electron chi connectivity index (χ2n) is 5.40. The highest BCUT2D eigenvalue weighted by Crippen LogP contribution is 2.29.